The van der Waals surface area contributed by atoms with Crippen LogP contribution in [0.3, 0.4) is 0 Å². The van der Waals surface area contributed by atoms with Crippen molar-refractivity contribution in [3.63, 3.8) is 0 Å². The number of alkyl halides is 1. The molecule has 0 bridgehead atoms. The Kier molecular flexibility index (Phi) is 3.60. The molecule has 0 spiro atoms. The van der Waals surface area contributed by atoms with Gasteiger partial charge in [0.05, 0.1) is 5.69 Å². The first-order valence-electron chi connectivity index (χ1n) is 4.21. The van der Waals surface area contributed by atoms with Crippen molar-refractivity contribution < 1.29 is 0 Å². The Hall–Kier alpha value is -0.700. The molecule has 2 nitrogen and oxygen atoms in total. The maximum Gasteiger partial charge on any atom is 0.125 e. The van der Waals surface area contributed by atoms with Crippen molar-refractivity contribution >= 4 is 22.0 Å². The third kappa shape index (κ3) is 3.27. The van der Waals surface area contributed by atoms with Crippen LogP contribution in [0.15, 0.2) is 17.8 Å². The number of aryl methyl sites for hydroxylation is 1. The molecule has 3 heteroatoms. The zero-order chi connectivity index (χ0) is 9.84. The fraction of sp³-hybridized carbons (Fsp3) is 0.400. The van der Waals surface area contributed by atoms with Crippen molar-refractivity contribution in [1.82, 2.24) is 9.97 Å². The molecule has 0 aliphatic heterocycles. The second kappa shape index (κ2) is 4.51. The maximum atomic E-state index is 4.29. The van der Waals surface area contributed by atoms with Gasteiger partial charge in [-0.25, -0.2) is 9.97 Å². The van der Waals surface area contributed by atoms with Gasteiger partial charge in [0.1, 0.15) is 5.82 Å². The van der Waals surface area contributed by atoms with Gasteiger partial charge in [0.2, 0.25) is 0 Å². The molecule has 1 rings (SSSR count). The normalized spacial score (nSPS) is 14.3. The number of hydrogen-bond acceptors (Lipinski definition) is 2. The summed E-state index contributed by atoms with van der Waals surface area (Å²) < 4.78 is 0. The van der Waals surface area contributed by atoms with E-state index < -0.39 is 0 Å². The van der Waals surface area contributed by atoms with E-state index in [1.807, 2.05) is 13.0 Å². The van der Waals surface area contributed by atoms with E-state index in [9.17, 15) is 0 Å². The second-order valence-electron chi connectivity index (χ2n) is 3.03. The van der Waals surface area contributed by atoms with Crippen LogP contribution < -0.4 is 0 Å². The van der Waals surface area contributed by atoms with E-state index in [4.69, 9.17) is 0 Å². The summed E-state index contributed by atoms with van der Waals surface area (Å²) in [6.07, 6.45) is 3.84. The van der Waals surface area contributed by atoms with Gasteiger partial charge in [-0.2, -0.15) is 0 Å². The van der Waals surface area contributed by atoms with Gasteiger partial charge in [0, 0.05) is 11.0 Å². The quantitative estimate of drug-likeness (QED) is 0.744. The molecule has 0 saturated heterocycles. The summed E-state index contributed by atoms with van der Waals surface area (Å²) in [6, 6.07) is 1.91. The van der Waals surface area contributed by atoms with Crippen LogP contribution in [0, 0.1) is 6.92 Å². The Morgan fingerprint density at radius 2 is 2.31 bits per heavy atom. The summed E-state index contributed by atoms with van der Waals surface area (Å²) >= 11 is 3.50. The van der Waals surface area contributed by atoms with Crippen LogP contribution in [-0.4, -0.2) is 14.8 Å². The molecule has 13 heavy (non-hydrogen) atoms. The van der Waals surface area contributed by atoms with Crippen LogP contribution >= 0.6 is 15.9 Å². The minimum absolute atomic E-state index is 0.391. The highest BCUT2D eigenvalue weighted by molar-refractivity contribution is 9.09. The summed E-state index contributed by atoms with van der Waals surface area (Å²) in [7, 11) is 0. The smallest absolute Gasteiger partial charge is 0.125 e. The monoisotopic (exact) mass is 240 g/mol. The Bertz CT molecular complexity index is 318. The predicted molar refractivity (Wildman–Crippen MR) is 58.8 cm³/mol. The third-order valence-electron chi connectivity index (χ3n) is 1.80. The van der Waals surface area contributed by atoms with Crippen LogP contribution in [0.25, 0.3) is 6.08 Å². The minimum atomic E-state index is 0.391. The van der Waals surface area contributed by atoms with E-state index in [1.165, 1.54) is 5.57 Å². The van der Waals surface area contributed by atoms with Crippen LogP contribution in [0.4, 0.5) is 0 Å². The number of rotatable bonds is 2. The number of hydrogen-bond donors (Lipinski definition) is 0. The van der Waals surface area contributed by atoms with Gasteiger partial charge in [-0.05, 0) is 32.9 Å². The number of allylic oxidation sites excluding steroid dienone is 1. The highest BCUT2D eigenvalue weighted by atomic mass is 79.9. The molecular formula is C10H13BrN2. The lowest BCUT2D eigenvalue weighted by atomic mass is 10.2. The van der Waals surface area contributed by atoms with Gasteiger partial charge in [-0.3, -0.25) is 0 Å². The maximum absolute atomic E-state index is 4.29. The average Bonchev–Trinajstić information content (AvgIpc) is 2.04. The van der Waals surface area contributed by atoms with Crippen molar-refractivity contribution in [1.29, 1.82) is 0 Å². The second-order valence-corrected chi connectivity index (χ2v) is 4.41. The lowest BCUT2D eigenvalue weighted by molar-refractivity contribution is 1.04. The zero-order valence-corrected chi connectivity index (χ0v) is 9.67. The Morgan fingerprint density at radius 3 is 2.85 bits per heavy atom. The topological polar surface area (TPSA) is 25.8 Å². The van der Waals surface area contributed by atoms with E-state index in [0.717, 1.165) is 11.5 Å². The number of nitrogens with zero attached hydrogens (tertiary/aromatic N) is 2. The summed E-state index contributed by atoms with van der Waals surface area (Å²) in [4.78, 5) is 8.72. The fourth-order valence-electron chi connectivity index (χ4n) is 0.903. The summed E-state index contributed by atoms with van der Waals surface area (Å²) in [5, 5.41) is 0. The van der Waals surface area contributed by atoms with Crippen molar-refractivity contribution in [2.24, 2.45) is 0 Å². The molecular weight excluding hydrogens is 228 g/mol. The van der Waals surface area contributed by atoms with Crippen molar-refractivity contribution in [3.8, 4) is 0 Å². The van der Waals surface area contributed by atoms with E-state index >= 15 is 0 Å². The first-order valence-corrected chi connectivity index (χ1v) is 5.13. The summed E-state index contributed by atoms with van der Waals surface area (Å²) in [5.41, 5.74) is 2.23. The Balaban J connectivity index is 2.91. The molecule has 1 aromatic heterocycles. The van der Waals surface area contributed by atoms with Crippen LogP contribution in [0.5, 0.6) is 0 Å². The van der Waals surface area contributed by atoms with E-state index in [1.54, 1.807) is 6.20 Å². The number of halogens is 1. The molecule has 0 fully saturated rings. The van der Waals surface area contributed by atoms with Gasteiger partial charge in [0.25, 0.3) is 0 Å². The van der Waals surface area contributed by atoms with Gasteiger partial charge < -0.3 is 0 Å². The average molecular weight is 241 g/mol. The van der Waals surface area contributed by atoms with E-state index in [-0.39, 0.29) is 0 Å². The van der Waals surface area contributed by atoms with E-state index in [0.29, 0.717) is 4.83 Å². The molecule has 0 N–H and O–H groups in total. The predicted octanol–water partition coefficient (Wildman–Crippen LogP) is 2.97. The van der Waals surface area contributed by atoms with E-state index in [2.05, 4.69) is 45.8 Å². The summed E-state index contributed by atoms with van der Waals surface area (Å²) in [5.74, 6) is 0.809. The van der Waals surface area contributed by atoms with Crippen LogP contribution in [0.1, 0.15) is 25.4 Å². The van der Waals surface area contributed by atoms with Gasteiger partial charge in [-0.15, -0.1) is 0 Å². The fourth-order valence-corrected chi connectivity index (χ4v) is 1.04. The largest absolute Gasteiger partial charge is 0.242 e. The first-order chi connectivity index (χ1) is 6.09. The molecule has 0 aliphatic rings. The highest BCUT2D eigenvalue weighted by Gasteiger charge is 1.98. The molecule has 0 saturated carbocycles. The lowest BCUT2D eigenvalue weighted by Gasteiger charge is -2.02. The molecule has 1 atom stereocenters. The SMILES string of the molecule is C/C(=C\c1ccnc(C)n1)C(C)Br. The zero-order valence-electron chi connectivity index (χ0n) is 8.08. The van der Waals surface area contributed by atoms with Gasteiger partial charge in [0.15, 0.2) is 0 Å². The van der Waals surface area contributed by atoms with Crippen molar-refractivity contribution in [2.75, 3.05) is 0 Å². The summed E-state index contributed by atoms with van der Waals surface area (Å²) in [6.45, 7) is 6.07. The Labute approximate surface area is 87.2 Å². The van der Waals surface area contributed by atoms with Crippen molar-refractivity contribution in [2.45, 2.75) is 25.6 Å². The molecule has 70 valence electrons. The minimum Gasteiger partial charge on any atom is -0.242 e. The lowest BCUT2D eigenvalue weighted by Crippen LogP contribution is -1.94. The standard InChI is InChI=1S/C10H13BrN2/c1-7(8(2)11)6-10-4-5-12-9(3)13-10/h4-6,8H,1-3H3/b7-6+. The third-order valence-corrected chi connectivity index (χ3v) is 2.52. The molecule has 0 aromatic carbocycles. The van der Waals surface area contributed by atoms with Crippen LogP contribution in [0.2, 0.25) is 0 Å². The number of aromatic nitrogens is 2. The molecule has 0 aliphatic carbocycles. The van der Waals surface area contributed by atoms with Crippen molar-refractivity contribution in [3.05, 3.63) is 29.4 Å². The van der Waals surface area contributed by atoms with Crippen LogP contribution in [-0.2, 0) is 0 Å². The Morgan fingerprint density at radius 1 is 1.62 bits per heavy atom. The first kappa shape index (κ1) is 10.4. The van der Waals surface area contributed by atoms with Gasteiger partial charge in [-0.1, -0.05) is 21.5 Å². The molecule has 1 unspecified atom stereocenters. The molecule has 1 heterocycles. The van der Waals surface area contributed by atoms with Gasteiger partial charge >= 0.3 is 0 Å². The molecule has 1 aromatic rings. The molecule has 0 radical (unpaired) electrons. The highest BCUT2D eigenvalue weighted by Crippen LogP contribution is 2.13. The molecule has 0 amide bonds.